The first-order chi connectivity index (χ1) is 11.5. The van der Waals surface area contributed by atoms with Crippen molar-refractivity contribution in [3.63, 3.8) is 0 Å². The SMILES string of the molecule is C[C@H](Cc1ccccc1F)C(=O)N(CCC(=O)O)C1CCOCC1. The predicted molar refractivity (Wildman–Crippen MR) is 87.1 cm³/mol. The number of carboxylic acid groups (broad SMARTS) is 1. The lowest BCUT2D eigenvalue weighted by Crippen LogP contribution is -2.46. The number of halogens is 1. The van der Waals surface area contributed by atoms with E-state index in [0.717, 1.165) is 0 Å². The Balaban J connectivity index is 2.07. The Bertz CT molecular complexity index is 572. The van der Waals surface area contributed by atoms with Crippen molar-refractivity contribution in [1.82, 2.24) is 4.90 Å². The minimum absolute atomic E-state index is 0.00586. The van der Waals surface area contributed by atoms with Crippen LogP contribution in [0.4, 0.5) is 4.39 Å². The van der Waals surface area contributed by atoms with Gasteiger partial charge in [-0.05, 0) is 30.9 Å². The molecular formula is C18H24FNO4. The van der Waals surface area contributed by atoms with Crippen molar-refractivity contribution in [2.45, 2.75) is 38.6 Å². The molecule has 1 aromatic rings. The third kappa shape index (κ3) is 5.03. The van der Waals surface area contributed by atoms with Crippen molar-refractivity contribution in [1.29, 1.82) is 0 Å². The number of hydrogen-bond acceptors (Lipinski definition) is 3. The summed E-state index contributed by atoms with van der Waals surface area (Å²) in [6.45, 7) is 3.09. The van der Waals surface area contributed by atoms with Gasteiger partial charge in [-0.2, -0.15) is 0 Å². The van der Waals surface area contributed by atoms with Gasteiger partial charge in [-0.25, -0.2) is 4.39 Å². The lowest BCUT2D eigenvalue weighted by molar-refractivity contribution is -0.142. The van der Waals surface area contributed by atoms with Crippen LogP contribution in [0.2, 0.25) is 0 Å². The van der Waals surface area contributed by atoms with Crippen LogP contribution < -0.4 is 0 Å². The van der Waals surface area contributed by atoms with E-state index in [1.807, 2.05) is 0 Å². The maximum Gasteiger partial charge on any atom is 0.305 e. The number of carbonyl (C=O) groups excluding carboxylic acids is 1. The van der Waals surface area contributed by atoms with Crippen LogP contribution in [0.5, 0.6) is 0 Å². The number of carbonyl (C=O) groups is 2. The van der Waals surface area contributed by atoms with Crippen molar-refractivity contribution >= 4 is 11.9 Å². The smallest absolute Gasteiger partial charge is 0.305 e. The quantitative estimate of drug-likeness (QED) is 0.830. The molecule has 1 N–H and O–H groups in total. The molecule has 1 aliphatic heterocycles. The van der Waals surface area contributed by atoms with E-state index in [-0.39, 0.29) is 30.7 Å². The molecule has 6 heteroatoms. The van der Waals surface area contributed by atoms with Crippen LogP contribution in [0.25, 0.3) is 0 Å². The molecule has 1 aliphatic rings. The highest BCUT2D eigenvalue weighted by atomic mass is 19.1. The molecule has 0 aromatic heterocycles. The summed E-state index contributed by atoms with van der Waals surface area (Å²) in [4.78, 5) is 25.4. The summed E-state index contributed by atoms with van der Waals surface area (Å²) in [7, 11) is 0. The number of ether oxygens (including phenoxy) is 1. The third-order valence-electron chi connectivity index (χ3n) is 4.39. The van der Waals surface area contributed by atoms with E-state index >= 15 is 0 Å². The number of rotatable bonds is 7. The van der Waals surface area contributed by atoms with E-state index in [1.54, 1.807) is 30.0 Å². The fraction of sp³-hybridized carbons (Fsp3) is 0.556. The van der Waals surface area contributed by atoms with Crippen molar-refractivity contribution in [3.8, 4) is 0 Å². The Hall–Kier alpha value is -1.95. The molecule has 1 heterocycles. The third-order valence-corrected chi connectivity index (χ3v) is 4.39. The van der Waals surface area contributed by atoms with Gasteiger partial charge in [0, 0.05) is 31.7 Å². The second-order valence-electron chi connectivity index (χ2n) is 6.22. The largest absolute Gasteiger partial charge is 0.481 e. The van der Waals surface area contributed by atoms with Crippen molar-refractivity contribution in [2.24, 2.45) is 5.92 Å². The first kappa shape index (κ1) is 18.4. The average molecular weight is 337 g/mol. The van der Waals surface area contributed by atoms with Gasteiger partial charge in [-0.15, -0.1) is 0 Å². The van der Waals surface area contributed by atoms with Crippen LogP contribution in [0.3, 0.4) is 0 Å². The van der Waals surface area contributed by atoms with Gasteiger partial charge < -0.3 is 14.7 Å². The molecule has 0 saturated carbocycles. The Morgan fingerprint density at radius 3 is 2.62 bits per heavy atom. The molecule has 132 valence electrons. The average Bonchev–Trinajstić information content (AvgIpc) is 2.57. The maximum atomic E-state index is 13.8. The van der Waals surface area contributed by atoms with Gasteiger partial charge in [-0.3, -0.25) is 9.59 Å². The second-order valence-corrected chi connectivity index (χ2v) is 6.22. The Morgan fingerprint density at radius 1 is 1.33 bits per heavy atom. The summed E-state index contributed by atoms with van der Waals surface area (Å²) in [6, 6.07) is 6.42. The molecule has 24 heavy (non-hydrogen) atoms. The molecule has 0 aliphatic carbocycles. The van der Waals surface area contributed by atoms with Gasteiger partial charge in [0.25, 0.3) is 0 Å². The predicted octanol–water partition coefficient (Wildman–Crippen LogP) is 2.49. The van der Waals surface area contributed by atoms with E-state index in [2.05, 4.69) is 0 Å². The molecule has 1 aromatic carbocycles. The molecular weight excluding hydrogens is 313 g/mol. The topological polar surface area (TPSA) is 66.8 Å². The minimum Gasteiger partial charge on any atom is -0.481 e. The highest BCUT2D eigenvalue weighted by Crippen LogP contribution is 2.20. The number of amides is 1. The molecule has 0 bridgehead atoms. The Labute approximate surface area is 141 Å². The number of carboxylic acids is 1. The summed E-state index contributed by atoms with van der Waals surface area (Å²) in [5.41, 5.74) is 0.503. The molecule has 0 unspecified atom stereocenters. The monoisotopic (exact) mass is 337 g/mol. The number of hydrogen-bond donors (Lipinski definition) is 1. The summed E-state index contributed by atoms with van der Waals surface area (Å²) in [5, 5.41) is 8.94. The van der Waals surface area contributed by atoms with Crippen molar-refractivity contribution < 1.29 is 23.8 Å². The molecule has 2 rings (SSSR count). The summed E-state index contributed by atoms with van der Waals surface area (Å²) in [6.07, 6.45) is 1.63. The highest BCUT2D eigenvalue weighted by molar-refractivity contribution is 5.79. The normalized spacial score (nSPS) is 16.6. The van der Waals surface area contributed by atoms with Crippen LogP contribution in [0, 0.1) is 11.7 Å². The fourth-order valence-electron chi connectivity index (χ4n) is 3.05. The van der Waals surface area contributed by atoms with E-state index in [0.29, 0.717) is 38.0 Å². The fourth-order valence-corrected chi connectivity index (χ4v) is 3.05. The highest BCUT2D eigenvalue weighted by Gasteiger charge is 2.29. The standard InChI is InChI=1S/C18H24FNO4/c1-13(12-14-4-2-3-5-16(14)19)18(23)20(9-6-17(21)22)15-7-10-24-11-8-15/h2-5,13,15H,6-12H2,1H3,(H,21,22)/t13-/m1/s1. The van der Waals surface area contributed by atoms with Crippen LogP contribution in [-0.2, 0) is 20.7 Å². The van der Waals surface area contributed by atoms with Crippen molar-refractivity contribution in [3.05, 3.63) is 35.6 Å². The van der Waals surface area contributed by atoms with Gasteiger partial charge in [0.2, 0.25) is 5.91 Å². The van der Waals surface area contributed by atoms with Crippen LogP contribution >= 0.6 is 0 Å². The lowest BCUT2D eigenvalue weighted by Gasteiger charge is -2.35. The summed E-state index contributed by atoms with van der Waals surface area (Å²) < 4.78 is 19.1. The molecule has 1 fully saturated rings. The maximum absolute atomic E-state index is 13.8. The zero-order chi connectivity index (χ0) is 17.5. The first-order valence-electron chi connectivity index (χ1n) is 8.32. The zero-order valence-corrected chi connectivity index (χ0v) is 13.9. The van der Waals surface area contributed by atoms with Crippen LogP contribution in [-0.4, -0.2) is 47.7 Å². The van der Waals surface area contributed by atoms with Gasteiger partial charge in [0.05, 0.1) is 6.42 Å². The second kappa shape index (κ2) is 8.78. The van der Waals surface area contributed by atoms with E-state index in [9.17, 15) is 14.0 Å². The number of aliphatic carboxylic acids is 1. The summed E-state index contributed by atoms with van der Waals surface area (Å²) >= 11 is 0. The molecule has 5 nitrogen and oxygen atoms in total. The minimum atomic E-state index is -0.929. The van der Waals surface area contributed by atoms with Gasteiger partial charge in [0.1, 0.15) is 5.82 Å². The van der Waals surface area contributed by atoms with Gasteiger partial charge in [-0.1, -0.05) is 25.1 Å². The molecule has 1 saturated heterocycles. The zero-order valence-electron chi connectivity index (χ0n) is 13.9. The first-order valence-corrected chi connectivity index (χ1v) is 8.32. The number of benzene rings is 1. The van der Waals surface area contributed by atoms with Crippen LogP contribution in [0.1, 0.15) is 31.7 Å². The van der Waals surface area contributed by atoms with Gasteiger partial charge in [0.15, 0.2) is 0 Å². The Morgan fingerprint density at radius 2 is 2.00 bits per heavy atom. The number of nitrogens with zero attached hydrogens (tertiary/aromatic N) is 1. The van der Waals surface area contributed by atoms with Crippen LogP contribution in [0.15, 0.2) is 24.3 Å². The molecule has 0 spiro atoms. The van der Waals surface area contributed by atoms with E-state index in [1.165, 1.54) is 6.07 Å². The molecule has 1 amide bonds. The Kier molecular flexibility index (Phi) is 6.73. The van der Waals surface area contributed by atoms with E-state index < -0.39 is 11.9 Å². The van der Waals surface area contributed by atoms with Crippen molar-refractivity contribution in [2.75, 3.05) is 19.8 Å². The van der Waals surface area contributed by atoms with E-state index in [4.69, 9.17) is 9.84 Å². The van der Waals surface area contributed by atoms with Gasteiger partial charge >= 0.3 is 5.97 Å². The molecule has 0 radical (unpaired) electrons. The summed E-state index contributed by atoms with van der Waals surface area (Å²) in [5.74, 6) is -1.77. The molecule has 1 atom stereocenters. The lowest BCUT2D eigenvalue weighted by atomic mass is 9.97.